The fraction of sp³-hybridized carbons (Fsp3) is 0.382. The summed E-state index contributed by atoms with van der Waals surface area (Å²) in [6, 6.07) is 69.3. The molecule has 9 aromatic carbocycles. The van der Waals surface area contributed by atoms with Crippen LogP contribution in [0.25, 0.3) is 93.0 Å². The number of carbonyl (C=O) groups is 3. The van der Waals surface area contributed by atoms with E-state index < -0.39 is 10.8 Å². The molecule has 0 bridgehead atoms. The zero-order chi connectivity index (χ0) is 78.0. The zero-order valence-corrected chi connectivity index (χ0v) is 70.3. The molecule has 15 aromatic rings. The maximum Gasteiger partial charge on any atom is 0.316 e. The van der Waals surface area contributed by atoms with Gasteiger partial charge in [0.1, 0.15) is 32.3 Å². The second kappa shape index (κ2) is 53.8. The van der Waals surface area contributed by atoms with Crippen molar-refractivity contribution in [1.82, 2.24) is 29.9 Å². The number of benzene rings is 9. The average molecular weight is 1780 g/mol. The van der Waals surface area contributed by atoms with Gasteiger partial charge in [0.25, 0.3) is 0 Å². The molecule has 0 aliphatic carbocycles. The van der Waals surface area contributed by atoms with E-state index in [1.165, 1.54) is 35.5 Å². The highest BCUT2D eigenvalue weighted by Crippen LogP contribution is 2.41. The Hall–Kier alpha value is -8.98. The van der Waals surface area contributed by atoms with Gasteiger partial charge in [0, 0.05) is 22.3 Å². The number of carbonyl (C=O) groups excluding carboxylic acids is 3. The van der Waals surface area contributed by atoms with Gasteiger partial charge in [-0.1, -0.05) is 274 Å². The molecule has 0 radical (unpaired) electrons. The summed E-state index contributed by atoms with van der Waals surface area (Å²) in [6.45, 7) is 31.0. The highest BCUT2D eigenvalue weighted by molar-refractivity contribution is 7.22. The van der Waals surface area contributed by atoms with E-state index in [0.29, 0.717) is 29.1 Å². The van der Waals surface area contributed by atoms with E-state index in [9.17, 15) is 14.4 Å². The third-order valence-corrected chi connectivity index (χ3v) is 26.6. The summed E-state index contributed by atoms with van der Waals surface area (Å²) in [5.74, 6) is 2.12. The van der Waals surface area contributed by atoms with Gasteiger partial charge in [0.15, 0.2) is 0 Å². The van der Waals surface area contributed by atoms with Crippen LogP contribution >= 0.6 is 79.6 Å². The molecule has 0 saturated heterocycles. The third kappa shape index (κ3) is 30.2. The molecular formula is C102H143ClN6O6S6. The first-order valence-electron chi connectivity index (χ1n) is 37.1. The van der Waals surface area contributed by atoms with Gasteiger partial charge in [-0.15, -0.1) is 68.0 Å². The Morgan fingerprint density at radius 2 is 0.620 bits per heavy atom. The van der Waals surface area contributed by atoms with Gasteiger partial charge in [-0.3, -0.25) is 14.4 Å². The van der Waals surface area contributed by atoms with Crippen molar-refractivity contribution in [2.45, 2.75) is 249 Å². The van der Waals surface area contributed by atoms with Crippen molar-refractivity contribution >= 4 is 159 Å². The van der Waals surface area contributed by atoms with Crippen LogP contribution in [0, 0.1) is 16.7 Å². The van der Waals surface area contributed by atoms with E-state index in [-0.39, 0.29) is 118 Å². The minimum Gasteiger partial charge on any atom is -0.426 e. The van der Waals surface area contributed by atoms with E-state index in [2.05, 4.69) is 115 Å². The monoisotopic (exact) mass is 1770 g/mol. The van der Waals surface area contributed by atoms with Crippen molar-refractivity contribution in [1.29, 1.82) is 0 Å². The van der Waals surface area contributed by atoms with Crippen LogP contribution in [0.1, 0.15) is 258 Å². The third-order valence-electron chi connectivity index (χ3n) is 19.2. The number of fused-ring (bicyclic) bond motifs is 6. The fourth-order valence-electron chi connectivity index (χ4n) is 10.2. The number of halogens is 1. The molecule has 660 valence electrons. The largest absolute Gasteiger partial charge is 0.426 e. The molecule has 0 aliphatic rings. The number of rotatable bonds is 18. The Labute approximate surface area is 758 Å². The molecule has 0 amide bonds. The standard InChI is InChI=1S/2C19H19NO2S.C18H17NO2S.C12H15NS.C11H12ClNS.C11H13NS.12CH4/c2*1-4-19(2,3)18(21)22-15-11-7-5-9-13(15)17-20-14-10-6-8-12-16(14)23-17;1-3-12(2)18(20)21-15-10-6-4-8-13(15)17-19-14-9-5-7-11-16(14)22-17;1-4-12(2,3)11-13-9-7-5-6-8-10(9)14-11;1-3-7(2)11-13-9-6-8(12)4-5-10(9)14-11;1-3-8(2)11-12-9-6-4-5-7-10(9)13-11;;;;;;;;;;;;/h2*5-12H,4H2,1-3H3;4-12H,3H2,1-2H3;5-8H,4H2,1-3H3;4-7H,3H2,1-2H3;4-8H,3H2,1-2H3;12*1H4. The van der Waals surface area contributed by atoms with Crippen LogP contribution in [0.15, 0.2) is 212 Å². The second-order valence-electron chi connectivity index (χ2n) is 28.5. The van der Waals surface area contributed by atoms with Crippen LogP contribution in [-0.2, 0) is 19.8 Å². The van der Waals surface area contributed by atoms with Crippen molar-refractivity contribution in [3.63, 3.8) is 0 Å². The summed E-state index contributed by atoms with van der Waals surface area (Å²) in [5.41, 5.74) is 7.97. The number of para-hydroxylation sites is 8. The topological polar surface area (TPSA) is 156 Å². The van der Waals surface area contributed by atoms with Gasteiger partial charge in [0.05, 0.1) is 110 Å². The quantitative estimate of drug-likeness (QED) is 0.0593. The molecule has 12 nitrogen and oxygen atoms in total. The van der Waals surface area contributed by atoms with E-state index in [1.54, 1.807) is 45.3 Å². The van der Waals surface area contributed by atoms with Crippen LogP contribution in [0.4, 0.5) is 0 Å². The van der Waals surface area contributed by atoms with E-state index in [0.717, 1.165) is 116 Å². The van der Waals surface area contributed by atoms with Gasteiger partial charge in [0.2, 0.25) is 0 Å². The molecule has 0 N–H and O–H groups in total. The lowest BCUT2D eigenvalue weighted by molar-refractivity contribution is -0.144. The Kier molecular flexibility index (Phi) is 51.7. The van der Waals surface area contributed by atoms with Crippen molar-refractivity contribution in [3.05, 3.63) is 232 Å². The smallest absolute Gasteiger partial charge is 0.316 e. The molecular weight excluding hydrogens is 1630 g/mol. The highest BCUT2D eigenvalue weighted by atomic mass is 35.5. The summed E-state index contributed by atoms with van der Waals surface area (Å²) < 4.78 is 24.1. The van der Waals surface area contributed by atoms with Crippen LogP contribution in [0.5, 0.6) is 17.2 Å². The predicted molar refractivity (Wildman–Crippen MR) is 545 cm³/mol. The molecule has 3 unspecified atom stereocenters. The summed E-state index contributed by atoms with van der Waals surface area (Å²) in [4.78, 5) is 64.6. The number of aromatic nitrogens is 6. The zero-order valence-electron chi connectivity index (χ0n) is 64.6. The molecule has 0 aliphatic heterocycles. The first-order valence-corrected chi connectivity index (χ1v) is 42.4. The van der Waals surface area contributed by atoms with Crippen molar-refractivity contribution in [3.8, 4) is 49.0 Å². The number of hydrogen-bond donors (Lipinski definition) is 0. The van der Waals surface area contributed by atoms with Crippen molar-refractivity contribution < 1.29 is 28.6 Å². The molecule has 6 heterocycles. The number of ether oxygens (including phenoxy) is 3. The lowest BCUT2D eigenvalue weighted by atomic mass is 9.90. The normalized spacial score (nSPS) is 11.0. The van der Waals surface area contributed by atoms with E-state index >= 15 is 0 Å². The van der Waals surface area contributed by atoms with Gasteiger partial charge >= 0.3 is 17.9 Å². The number of hydrogen-bond acceptors (Lipinski definition) is 18. The average Bonchev–Trinajstić information content (AvgIpc) is 1.70. The molecule has 0 fully saturated rings. The summed E-state index contributed by atoms with van der Waals surface area (Å²) in [7, 11) is 0. The minimum absolute atomic E-state index is 0. The van der Waals surface area contributed by atoms with Crippen LogP contribution < -0.4 is 14.2 Å². The molecule has 15 rings (SSSR count). The van der Waals surface area contributed by atoms with Crippen molar-refractivity contribution in [2.75, 3.05) is 0 Å². The van der Waals surface area contributed by atoms with Crippen molar-refractivity contribution in [2.24, 2.45) is 16.7 Å². The van der Waals surface area contributed by atoms with Gasteiger partial charge in [-0.2, -0.15) is 0 Å². The molecule has 0 spiro atoms. The van der Waals surface area contributed by atoms with Gasteiger partial charge in [-0.05, 0) is 181 Å². The van der Waals surface area contributed by atoms with Gasteiger partial charge < -0.3 is 14.2 Å². The number of thiazole rings is 6. The Morgan fingerprint density at radius 1 is 0.331 bits per heavy atom. The predicted octanol–water partition coefficient (Wildman–Crippen LogP) is 35.4. The number of nitrogens with zero attached hydrogens (tertiary/aromatic N) is 6. The Bertz CT molecular complexity index is 5230. The number of esters is 3. The minimum atomic E-state index is -0.499. The molecule has 3 atom stereocenters. The molecule has 121 heavy (non-hydrogen) atoms. The molecule has 0 saturated carbocycles. The fourth-order valence-corrected chi connectivity index (χ4v) is 16.7. The maximum absolute atomic E-state index is 12.4. The van der Waals surface area contributed by atoms with Crippen LogP contribution in [-0.4, -0.2) is 47.8 Å². The lowest BCUT2D eigenvalue weighted by Crippen LogP contribution is -2.28. The summed E-state index contributed by atoms with van der Waals surface area (Å²) >= 11 is 16.1. The highest BCUT2D eigenvalue weighted by Gasteiger charge is 2.31. The summed E-state index contributed by atoms with van der Waals surface area (Å²) in [5, 5.41) is 7.09. The lowest BCUT2D eigenvalue weighted by Gasteiger charge is -2.20. The Balaban J connectivity index is -0.00000137. The summed E-state index contributed by atoms with van der Waals surface area (Å²) in [6.07, 6.45) is 5.66. The van der Waals surface area contributed by atoms with E-state index in [1.807, 2.05) is 254 Å². The van der Waals surface area contributed by atoms with E-state index in [4.69, 9.17) is 25.8 Å². The molecule has 6 aromatic heterocycles. The molecule has 19 heteroatoms. The second-order valence-corrected chi connectivity index (χ2v) is 35.1. The maximum atomic E-state index is 12.4. The van der Waals surface area contributed by atoms with Crippen LogP contribution in [0.3, 0.4) is 0 Å². The van der Waals surface area contributed by atoms with Gasteiger partial charge in [-0.25, -0.2) is 29.9 Å². The Morgan fingerprint density at radius 3 is 0.934 bits per heavy atom. The first-order chi connectivity index (χ1) is 52.3. The first kappa shape index (κ1) is 116. The SMILES string of the molecule is C.C.C.C.C.C.C.C.C.C.C.C.CCC(C)(C)C(=O)Oc1ccccc1-c1nc2ccccc2s1.CCC(C)(C)C(=O)Oc1ccccc1-c1nc2ccccc2s1.CCC(C)(C)c1nc2ccccc2s1.CCC(C)C(=O)Oc1ccccc1-c1nc2ccccc2s1.CCC(C)c1nc2cc(Cl)ccc2s1.CCC(C)c1nc2ccccc2s1. The van der Waals surface area contributed by atoms with Crippen LogP contribution in [0.2, 0.25) is 5.02 Å².